The number of hydrogen-bond donors (Lipinski definition) is 2. The minimum Gasteiger partial charge on any atom is -0.469 e. The Bertz CT molecular complexity index is 1050. The Balaban J connectivity index is 1.71. The number of halogens is 1. The Morgan fingerprint density at radius 2 is 1.86 bits per heavy atom. The third kappa shape index (κ3) is 5.24. The molecule has 28 heavy (non-hydrogen) atoms. The summed E-state index contributed by atoms with van der Waals surface area (Å²) in [6, 6.07) is 16.2. The molecule has 2 N–H and O–H groups in total. The summed E-state index contributed by atoms with van der Waals surface area (Å²) in [6.07, 6.45) is 2.12. The fraction of sp³-hybridized carbons (Fsp3) is 0.150. The van der Waals surface area contributed by atoms with Gasteiger partial charge in [-0.05, 0) is 61.5 Å². The van der Waals surface area contributed by atoms with Gasteiger partial charge < -0.3 is 9.73 Å². The predicted molar refractivity (Wildman–Crippen MR) is 111 cm³/mol. The lowest BCUT2D eigenvalue weighted by atomic mass is 10.1. The Labute approximate surface area is 172 Å². The minimum atomic E-state index is -3.81. The van der Waals surface area contributed by atoms with Crippen molar-refractivity contribution >= 4 is 37.5 Å². The predicted octanol–water partition coefficient (Wildman–Crippen LogP) is 4.20. The Kier molecular flexibility index (Phi) is 6.21. The van der Waals surface area contributed by atoms with Crippen LogP contribution in [0.15, 0.2) is 80.7 Å². The minimum absolute atomic E-state index is 0.0155. The van der Waals surface area contributed by atoms with Gasteiger partial charge in [-0.1, -0.05) is 22.0 Å². The van der Waals surface area contributed by atoms with E-state index >= 15 is 0 Å². The van der Waals surface area contributed by atoms with Gasteiger partial charge >= 0.3 is 0 Å². The second-order valence-corrected chi connectivity index (χ2v) is 8.90. The second kappa shape index (κ2) is 8.62. The van der Waals surface area contributed by atoms with E-state index in [0.717, 1.165) is 10.2 Å². The molecule has 1 unspecified atom stereocenters. The maximum atomic E-state index is 12.6. The largest absolute Gasteiger partial charge is 0.469 e. The summed E-state index contributed by atoms with van der Waals surface area (Å²) in [5.74, 6) is 0.419. The first-order valence-electron chi connectivity index (χ1n) is 8.55. The quantitative estimate of drug-likeness (QED) is 0.550. The van der Waals surface area contributed by atoms with Crippen LogP contribution in [0.5, 0.6) is 0 Å². The zero-order valence-corrected chi connectivity index (χ0v) is 17.5. The molecule has 146 valence electrons. The van der Waals surface area contributed by atoms with E-state index in [1.165, 1.54) is 12.1 Å². The highest BCUT2D eigenvalue weighted by Crippen LogP contribution is 2.19. The number of nitrogens with one attached hydrogen (secondary N) is 2. The molecule has 1 atom stereocenters. The zero-order chi connectivity index (χ0) is 20.1. The summed E-state index contributed by atoms with van der Waals surface area (Å²) in [7, 11) is -3.81. The van der Waals surface area contributed by atoms with Crippen molar-refractivity contribution in [3.63, 3.8) is 0 Å². The van der Waals surface area contributed by atoms with E-state index < -0.39 is 10.0 Å². The number of furan rings is 1. The third-order valence-corrected chi connectivity index (χ3v) is 5.88. The molecule has 1 heterocycles. The standard InChI is InChI=1S/C20H19BrN2O4S/c1-14(12-18-5-3-11-27-18)22-20(24)15-4-2-6-19(13-15)28(25,26)23-17-9-7-16(21)8-10-17/h2-11,13-14,23H,12H2,1H3,(H,22,24). The lowest BCUT2D eigenvalue weighted by Gasteiger charge is -2.13. The molecule has 0 aliphatic carbocycles. The number of hydrogen-bond acceptors (Lipinski definition) is 4. The van der Waals surface area contributed by atoms with Crippen LogP contribution < -0.4 is 10.0 Å². The Hall–Kier alpha value is -2.58. The topological polar surface area (TPSA) is 88.4 Å². The molecule has 0 saturated heterocycles. The van der Waals surface area contributed by atoms with Gasteiger partial charge in [-0.2, -0.15) is 0 Å². The van der Waals surface area contributed by atoms with Gasteiger partial charge in [-0.3, -0.25) is 9.52 Å². The van der Waals surface area contributed by atoms with Crippen LogP contribution >= 0.6 is 15.9 Å². The molecule has 1 aromatic heterocycles. The van der Waals surface area contributed by atoms with Crippen LogP contribution in [0.2, 0.25) is 0 Å². The highest BCUT2D eigenvalue weighted by atomic mass is 79.9. The molecule has 1 amide bonds. The average Bonchev–Trinajstić information content (AvgIpc) is 3.16. The van der Waals surface area contributed by atoms with Crippen LogP contribution in [0.4, 0.5) is 5.69 Å². The molecule has 8 heteroatoms. The Morgan fingerprint density at radius 3 is 2.54 bits per heavy atom. The fourth-order valence-corrected chi connectivity index (χ4v) is 3.99. The van der Waals surface area contributed by atoms with Gasteiger partial charge in [-0.25, -0.2) is 8.42 Å². The van der Waals surface area contributed by atoms with E-state index in [9.17, 15) is 13.2 Å². The second-order valence-electron chi connectivity index (χ2n) is 6.30. The number of carbonyl (C=O) groups excluding carboxylic acids is 1. The summed E-state index contributed by atoms with van der Waals surface area (Å²) in [6.45, 7) is 1.86. The fourth-order valence-electron chi connectivity index (χ4n) is 2.63. The molecule has 0 radical (unpaired) electrons. The SMILES string of the molecule is CC(Cc1ccco1)NC(=O)c1cccc(S(=O)(=O)Nc2ccc(Br)cc2)c1. The Morgan fingerprint density at radius 1 is 1.11 bits per heavy atom. The molecular formula is C20H19BrN2O4S. The van der Waals surface area contributed by atoms with Crippen molar-refractivity contribution in [2.45, 2.75) is 24.3 Å². The van der Waals surface area contributed by atoms with Gasteiger partial charge in [0.15, 0.2) is 0 Å². The van der Waals surface area contributed by atoms with Gasteiger partial charge in [0.25, 0.3) is 15.9 Å². The summed E-state index contributed by atoms with van der Waals surface area (Å²) in [5.41, 5.74) is 0.704. The van der Waals surface area contributed by atoms with Crippen LogP contribution in [-0.4, -0.2) is 20.4 Å². The van der Waals surface area contributed by atoms with Crippen molar-refractivity contribution in [2.24, 2.45) is 0 Å². The first-order chi connectivity index (χ1) is 13.3. The maximum Gasteiger partial charge on any atom is 0.261 e. The average molecular weight is 463 g/mol. The van der Waals surface area contributed by atoms with Gasteiger partial charge in [0.1, 0.15) is 5.76 Å². The van der Waals surface area contributed by atoms with Crippen LogP contribution in [0.25, 0.3) is 0 Å². The summed E-state index contributed by atoms with van der Waals surface area (Å²) in [4.78, 5) is 12.5. The molecule has 0 spiro atoms. The van der Waals surface area contributed by atoms with E-state index in [1.54, 1.807) is 48.7 Å². The number of carbonyl (C=O) groups is 1. The van der Waals surface area contributed by atoms with Crippen molar-refractivity contribution < 1.29 is 17.6 Å². The molecule has 2 aromatic carbocycles. The van der Waals surface area contributed by atoms with E-state index in [2.05, 4.69) is 26.0 Å². The van der Waals surface area contributed by atoms with Crippen molar-refractivity contribution in [3.8, 4) is 0 Å². The summed E-state index contributed by atoms with van der Waals surface area (Å²) >= 11 is 3.31. The summed E-state index contributed by atoms with van der Waals surface area (Å²) in [5, 5.41) is 2.85. The number of amides is 1. The van der Waals surface area contributed by atoms with E-state index in [0.29, 0.717) is 12.1 Å². The number of sulfonamides is 1. The highest BCUT2D eigenvalue weighted by Gasteiger charge is 2.18. The summed E-state index contributed by atoms with van der Waals surface area (Å²) < 4.78 is 33.9. The molecular weight excluding hydrogens is 444 g/mol. The van der Waals surface area contributed by atoms with Crippen molar-refractivity contribution in [1.29, 1.82) is 0 Å². The molecule has 0 bridgehead atoms. The molecule has 0 aliphatic rings. The monoisotopic (exact) mass is 462 g/mol. The van der Waals surface area contributed by atoms with E-state index in [-0.39, 0.29) is 22.4 Å². The lowest BCUT2D eigenvalue weighted by Crippen LogP contribution is -2.34. The normalized spacial score (nSPS) is 12.4. The number of anilines is 1. The lowest BCUT2D eigenvalue weighted by molar-refractivity contribution is 0.0939. The smallest absolute Gasteiger partial charge is 0.261 e. The molecule has 0 aliphatic heterocycles. The van der Waals surface area contributed by atoms with Crippen LogP contribution in [0, 0.1) is 0 Å². The van der Waals surface area contributed by atoms with Gasteiger partial charge in [0, 0.05) is 28.2 Å². The number of rotatable bonds is 7. The van der Waals surface area contributed by atoms with Gasteiger partial charge in [0.2, 0.25) is 0 Å². The van der Waals surface area contributed by atoms with Crippen molar-refractivity contribution in [1.82, 2.24) is 5.32 Å². The highest BCUT2D eigenvalue weighted by molar-refractivity contribution is 9.10. The van der Waals surface area contributed by atoms with Gasteiger partial charge in [-0.15, -0.1) is 0 Å². The van der Waals surface area contributed by atoms with Crippen LogP contribution in [0.1, 0.15) is 23.0 Å². The van der Waals surface area contributed by atoms with E-state index in [4.69, 9.17) is 4.42 Å². The molecule has 3 aromatic rings. The molecule has 0 fully saturated rings. The number of benzene rings is 2. The maximum absolute atomic E-state index is 12.6. The third-order valence-electron chi connectivity index (χ3n) is 3.97. The van der Waals surface area contributed by atoms with Crippen molar-refractivity contribution in [2.75, 3.05) is 4.72 Å². The van der Waals surface area contributed by atoms with Crippen molar-refractivity contribution in [3.05, 3.63) is 82.7 Å². The van der Waals surface area contributed by atoms with Crippen LogP contribution in [-0.2, 0) is 16.4 Å². The molecule has 0 saturated carbocycles. The molecule has 6 nitrogen and oxygen atoms in total. The zero-order valence-electron chi connectivity index (χ0n) is 15.1. The first-order valence-corrected chi connectivity index (χ1v) is 10.8. The van der Waals surface area contributed by atoms with Crippen LogP contribution in [0.3, 0.4) is 0 Å². The first kappa shape index (κ1) is 20.2. The molecule has 3 rings (SSSR count). The van der Waals surface area contributed by atoms with Gasteiger partial charge in [0.05, 0.1) is 11.2 Å². The van der Waals surface area contributed by atoms with E-state index in [1.807, 2.05) is 13.0 Å².